The van der Waals surface area contributed by atoms with Crippen molar-refractivity contribution >= 4 is 15.6 Å². The van der Waals surface area contributed by atoms with Gasteiger partial charge >= 0.3 is 21.3 Å². The van der Waals surface area contributed by atoms with Crippen LogP contribution in [0.4, 0.5) is 4.39 Å². The topological polar surface area (TPSA) is 277 Å². The molecule has 0 radical (unpaired) electrons. The lowest BCUT2D eigenvalue weighted by Gasteiger charge is -2.38. The molecule has 1 aromatic rings. The van der Waals surface area contributed by atoms with Crippen molar-refractivity contribution in [3.05, 3.63) is 33.1 Å². The first-order valence-electron chi connectivity index (χ1n) is 9.95. The molecule has 2 aliphatic heterocycles. The molecule has 11 atom stereocenters. The summed E-state index contributed by atoms with van der Waals surface area (Å²) in [5.74, 6) is 0. The lowest BCUT2D eigenvalue weighted by molar-refractivity contribution is -0.268. The zero-order valence-electron chi connectivity index (χ0n) is 17.8. The Hall–Kier alpha value is -1.41. The maximum atomic E-state index is 13.9. The number of hydrogen-bond acceptors (Lipinski definition) is 14. The molecule has 0 aromatic carbocycles. The number of aromatic nitrogens is 2. The highest BCUT2D eigenvalue weighted by molar-refractivity contribution is 7.61. The van der Waals surface area contributed by atoms with Gasteiger partial charge < -0.3 is 44.8 Å². The van der Waals surface area contributed by atoms with E-state index in [-0.39, 0.29) is 0 Å². The van der Waals surface area contributed by atoms with Crippen molar-refractivity contribution in [2.75, 3.05) is 13.2 Å². The van der Waals surface area contributed by atoms with E-state index < -0.39 is 95.4 Å². The first kappa shape index (κ1) is 29.2. The number of alkyl halides is 1. The summed E-state index contributed by atoms with van der Waals surface area (Å²) in [4.78, 5) is 44.4. The molecular formula is C15H23FN2O16P2. The van der Waals surface area contributed by atoms with Crippen LogP contribution in [-0.4, -0.2) is 107 Å². The Balaban J connectivity index is 1.61. The first-order chi connectivity index (χ1) is 16.7. The SMILES string of the molecule is O=c1ccn([C@@H]2O[C@H](COP(=O)(O)OP(=O)(O)O[C@H]3O[C@H](CO)[C@@H](O)[C@H](F)[C@H]3O)[C@@H](O)[C@H]2O)c(=O)[nH]1. The highest BCUT2D eigenvalue weighted by Crippen LogP contribution is 2.61. The predicted octanol–water partition coefficient (Wildman–Crippen LogP) is -3.82. The molecule has 36 heavy (non-hydrogen) atoms. The third kappa shape index (κ3) is 6.53. The third-order valence-electron chi connectivity index (χ3n) is 5.11. The molecule has 0 aliphatic carbocycles. The van der Waals surface area contributed by atoms with E-state index in [0.29, 0.717) is 4.57 Å². The van der Waals surface area contributed by atoms with Gasteiger partial charge in [0.05, 0.1) is 13.2 Å². The smallest absolute Gasteiger partial charge is 0.394 e. The Morgan fingerprint density at radius 2 is 1.67 bits per heavy atom. The van der Waals surface area contributed by atoms with Gasteiger partial charge in [-0.2, -0.15) is 4.31 Å². The maximum absolute atomic E-state index is 13.9. The van der Waals surface area contributed by atoms with Crippen LogP contribution in [0.3, 0.4) is 0 Å². The number of phosphoric acid groups is 2. The van der Waals surface area contributed by atoms with E-state index in [4.69, 9.17) is 14.6 Å². The monoisotopic (exact) mass is 568 g/mol. The van der Waals surface area contributed by atoms with E-state index in [0.717, 1.165) is 12.3 Å². The predicted molar refractivity (Wildman–Crippen MR) is 108 cm³/mol. The zero-order chi connectivity index (χ0) is 27.0. The number of aliphatic hydroxyl groups is 5. The summed E-state index contributed by atoms with van der Waals surface area (Å²) in [7, 11) is -11.2. The molecule has 21 heteroatoms. The van der Waals surface area contributed by atoms with Crippen molar-refractivity contribution in [1.29, 1.82) is 0 Å². The molecule has 0 amide bonds. The van der Waals surface area contributed by atoms with Crippen molar-refractivity contribution in [3.8, 4) is 0 Å². The second kappa shape index (κ2) is 11.1. The van der Waals surface area contributed by atoms with Gasteiger partial charge in [-0.05, 0) is 0 Å². The summed E-state index contributed by atoms with van der Waals surface area (Å²) in [6.45, 7) is -2.03. The molecule has 2 unspecified atom stereocenters. The number of H-pyrrole nitrogens is 1. The molecule has 18 nitrogen and oxygen atoms in total. The van der Waals surface area contributed by atoms with E-state index in [2.05, 4.69) is 13.4 Å². The van der Waals surface area contributed by atoms with Crippen molar-refractivity contribution in [3.63, 3.8) is 0 Å². The largest absolute Gasteiger partial charge is 0.483 e. The average Bonchev–Trinajstić information content (AvgIpc) is 3.06. The lowest BCUT2D eigenvalue weighted by atomic mass is 10.0. The Bertz CT molecular complexity index is 1130. The fraction of sp³-hybridized carbons (Fsp3) is 0.733. The summed E-state index contributed by atoms with van der Waals surface area (Å²) in [5, 5.41) is 48.5. The molecule has 2 aliphatic rings. The summed E-state index contributed by atoms with van der Waals surface area (Å²) in [5.41, 5.74) is -1.76. The first-order valence-corrected chi connectivity index (χ1v) is 12.9. The summed E-state index contributed by atoms with van der Waals surface area (Å²) < 4.78 is 61.7. The van der Waals surface area contributed by atoms with Crippen LogP contribution in [0.15, 0.2) is 21.9 Å². The van der Waals surface area contributed by atoms with E-state index >= 15 is 0 Å². The van der Waals surface area contributed by atoms with Gasteiger partial charge in [0, 0.05) is 12.3 Å². The fourth-order valence-electron chi connectivity index (χ4n) is 3.33. The Morgan fingerprint density at radius 1 is 1.00 bits per heavy atom. The summed E-state index contributed by atoms with van der Waals surface area (Å²) in [6.07, 6.45) is -16.6. The Morgan fingerprint density at radius 3 is 2.28 bits per heavy atom. The van der Waals surface area contributed by atoms with Gasteiger partial charge in [0.15, 0.2) is 18.7 Å². The molecule has 0 bridgehead atoms. The number of phosphoric ester groups is 2. The van der Waals surface area contributed by atoms with Crippen LogP contribution in [0.2, 0.25) is 0 Å². The lowest BCUT2D eigenvalue weighted by Crippen LogP contribution is -2.57. The van der Waals surface area contributed by atoms with Crippen LogP contribution in [0.5, 0.6) is 0 Å². The molecule has 3 rings (SSSR count). The van der Waals surface area contributed by atoms with E-state index in [1.807, 2.05) is 4.98 Å². The van der Waals surface area contributed by atoms with Crippen LogP contribution in [0, 0.1) is 0 Å². The van der Waals surface area contributed by atoms with Gasteiger partial charge in [0.1, 0.15) is 36.6 Å². The third-order valence-corrected chi connectivity index (χ3v) is 7.71. The molecule has 0 saturated carbocycles. The normalized spacial score (nSPS) is 38.4. The molecule has 2 saturated heterocycles. The minimum atomic E-state index is -5.65. The van der Waals surface area contributed by atoms with Crippen LogP contribution in [0.25, 0.3) is 0 Å². The van der Waals surface area contributed by atoms with Crippen molar-refractivity contribution in [2.24, 2.45) is 0 Å². The second-order valence-electron chi connectivity index (χ2n) is 7.63. The number of nitrogens with one attached hydrogen (secondary N) is 1. The van der Waals surface area contributed by atoms with E-state index in [1.165, 1.54) is 0 Å². The van der Waals surface area contributed by atoms with Gasteiger partial charge in [-0.3, -0.25) is 23.4 Å². The van der Waals surface area contributed by atoms with E-state index in [1.54, 1.807) is 0 Å². The Kier molecular flexibility index (Phi) is 9.02. The molecule has 206 valence electrons. The number of nitrogens with zero attached hydrogens (tertiary/aromatic N) is 1. The van der Waals surface area contributed by atoms with Crippen LogP contribution >= 0.6 is 15.6 Å². The quantitative estimate of drug-likeness (QED) is 0.133. The molecule has 0 spiro atoms. The molecule has 1 aromatic heterocycles. The molecule has 3 heterocycles. The number of aliphatic hydroxyl groups excluding tert-OH is 5. The van der Waals surface area contributed by atoms with Gasteiger partial charge in [0.25, 0.3) is 5.56 Å². The highest BCUT2D eigenvalue weighted by atomic mass is 31.3. The summed E-state index contributed by atoms with van der Waals surface area (Å²) in [6, 6.07) is 0.920. The molecule has 2 fully saturated rings. The molecular weight excluding hydrogens is 545 g/mol. The summed E-state index contributed by atoms with van der Waals surface area (Å²) >= 11 is 0. The minimum Gasteiger partial charge on any atom is -0.394 e. The number of rotatable bonds is 9. The van der Waals surface area contributed by atoms with Gasteiger partial charge in [-0.1, -0.05) is 0 Å². The number of halogens is 1. The second-order valence-corrected chi connectivity index (χ2v) is 10.6. The van der Waals surface area contributed by atoms with Crippen molar-refractivity contribution in [2.45, 2.75) is 55.3 Å². The average molecular weight is 568 g/mol. The van der Waals surface area contributed by atoms with Crippen LogP contribution < -0.4 is 11.2 Å². The standard InChI is InChI=1S/C15H23FN2O16P2/c16-8-9(21)5(3-19)32-14(11(8)23)33-36(28,29)34-35(26,27)30-4-6-10(22)12(24)13(31-6)18-2-1-7(20)17-15(18)25/h1-2,5-6,8-14,19,21-24H,3-4H2,(H,26,27)(H,28,29)(H,17,20,25)/t5-,6-,8+,9-,10-,11-,12-,13-,14-/m1/s1. The van der Waals surface area contributed by atoms with Crippen LogP contribution in [-0.2, 0) is 32.0 Å². The maximum Gasteiger partial charge on any atom is 0.483 e. The van der Waals surface area contributed by atoms with Gasteiger partial charge in [-0.15, -0.1) is 0 Å². The van der Waals surface area contributed by atoms with E-state index in [9.17, 15) is 53.3 Å². The van der Waals surface area contributed by atoms with Crippen molar-refractivity contribution in [1.82, 2.24) is 9.55 Å². The van der Waals surface area contributed by atoms with Gasteiger partial charge in [-0.25, -0.2) is 18.3 Å². The zero-order valence-corrected chi connectivity index (χ0v) is 19.6. The number of hydrogen-bond donors (Lipinski definition) is 8. The molecule has 8 N–H and O–H groups in total. The van der Waals surface area contributed by atoms with Crippen LogP contribution in [0.1, 0.15) is 6.23 Å². The van der Waals surface area contributed by atoms with Crippen molar-refractivity contribution < 1.29 is 71.7 Å². The minimum absolute atomic E-state index is 0.713. The van der Waals surface area contributed by atoms with Gasteiger partial charge in [0.2, 0.25) is 0 Å². The number of aromatic amines is 1. The Labute approximate surface area is 199 Å². The highest BCUT2D eigenvalue weighted by Gasteiger charge is 2.50. The fourth-order valence-corrected chi connectivity index (χ4v) is 5.48. The number of ether oxygens (including phenoxy) is 2.